The van der Waals surface area contributed by atoms with Gasteiger partial charge in [-0.3, -0.25) is 13.9 Å². The fourth-order valence-electron chi connectivity index (χ4n) is 5.37. The van der Waals surface area contributed by atoms with Gasteiger partial charge in [-0.25, -0.2) is 13.2 Å². The van der Waals surface area contributed by atoms with E-state index in [1.165, 1.54) is 0 Å². The Bertz CT molecular complexity index is 1320. The van der Waals surface area contributed by atoms with Crippen LogP contribution < -0.4 is 10.6 Å². The van der Waals surface area contributed by atoms with Crippen LogP contribution >= 0.6 is 12.6 Å². The minimum Gasteiger partial charge on any atom is -0.479 e. The molecule has 0 bridgehead atoms. The van der Waals surface area contributed by atoms with Gasteiger partial charge in [-0.05, 0) is 0 Å². The number of carboxylic acids is 1. The molecule has 0 aromatic rings. The smallest absolute Gasteiger partial charge is 0.397 e. The number of ether oxygens (including phenoxy) is 6. The average Bonchev–Trinajstić information content (AvgIpc) is 3.29. The molecule has 3 aliphatic heterocycles. The second kappa shape index (κ2) is 17.9. The monoisotopic (exact) mass is 776 g/mol. The summed E-state index contributed by atoms with van der Waals surface area (Å²) in [6.07, 6.45) is -23.1. The lowest BCUT2D eigenvalue weighted by atomic mass is 9.95. The van der Waals surface area contributed by atoms with E-state index in [0.717, 1.165) is 14.0 Å². The first-order valence-electron chi connectivity index (χ1n) is 14.4. The van der Waals surface area contributed by atoms with E-state index in [-0.39, 0.29) is 6.54 Å². The van der Waals surface area contributed by atoms with Gasteiger partial charge in [-0.1, -0.05) is 0 Å². The second-order valence-corrected chi connectivity index (χ2v) is 13.6. The van der Waals surface area contributed by atoms with Crippen LogP contribution in [0.2, 0.25) is 0 Å². The molecule has 286 valence electrons. The Kier molecular flexibility index (Phi) is 15.3. The van der Waals surface area contributed by atoms with Crippen molar-refractivity contribution < 1.29 is 97.9 Å². The van der Waals surface area contributed by atoms with Crippen LogP contribution in [0.1, 0.15) is 6.92 Å². The van der Waals surface area contributed by atoms with Crippen molar-refractivity contribution in [3.05, 3.63) is 0 Å². The van der Waals surface area contributed by atoms with Crippen molar-refractivity contribution in [1.82, 2.24) is 10.6 Å². The first-order valence-corrected chi connectivity index (χ1v) is 17.7. The standard InChI is InChI=1S/C23H40N2O21S3/c1-8(26)25-12-14(28)17(39-2)10(6-40-48(33,34)35)43-22(12)45-19-15(29)16(30)23(46-20(19)21(31)32)44-18-11(7-41-49(36,37)38)42-9(13(18)27)5-24-3-4-47/h9-20,22-24,27-30,47H,3-7H2,1-2H3,(H,25,26)(H,31,32)(H,33,34,35)(H,36,37,38)/t9-,10?,11+,12?,13?,14+,15+,16?,17+,18-,19-,20?,22-,23+/m0/s1. The molecule has 3 rings (SSSR count). The van der Waals surface area contributed by atoms with Crippen molar-refractivity contribution in [2.24, 2.45) is 0 Å². The van der Waals surface area contributed by atoms with Crippen molar-refractivity contribution in [3.63, 3.8) is 0 Å². The van der Waals surface area contributed by atoms with Gasteiger partial charge in [-0.2, -0.15) is 29.5 Å². The fourth-order valence-corrected chi connectivity index (χ4v) is 6.14. The third-order valence-corrected chi connectivity index (χ3v) is 8.61. The molecule has 26 heteroatoms. The molecule has 5 unspecified atom stereocenters. The molecule has 3 saturated heterocycles. The SMILES string of the molecule is CO[C@@H]1C(COS(=O)(=O)O)O[C@@H](O[C@@H]2C(C(=O)O)O[C@@H](O[C@@H]3C(O)[C@H](CNCCS)O[C@@H]3COS(=O)(=O)O)C(O)[C@H]2O)C(NC(C)=O)[C@H]1O. The minimum atomic E-state index is -5.03. The van der Waals surface area contributed by atoms with Crippen LogP contribution in [0.25, 0.3) is 0 Å². The molecular weight excluding hydrogens is 736 g/mol. The molecule has 0 saturated carbocycles. The van der Waals surface area contributed by atoms with Crippen molar-refractivity contribution in [2.75, 3.05) is 39.2 Å². The number of hydrogen-bond acceptors (Lipinski definition) is 20. The zero-order chi connectivity index (χ0) is 36.8. The highest BCUT2D eigenvalue weighted by Gasteiger charge is 2.55. The van der Waals surface area contributed by atoms with Crippen molar-refractivity contribution >= 4 is 45.3 Å². The Balaban J connectivity index is 1.85. The summed E-state index contributed by atoms with van der Waals surface area (Å²) in [4.78, 5) is 24.3. The highest BCUT2D eigenvalue weighted by Crippen LogP contribution is 2.33. The first-order chi connectivity index (χ1) is 22.8. The van der Waals surface area contributed by atoms with Gasteiger partial charge in [0.15, 0.2) is 18.7 Å². The normalized spacial score (nSPS) is 38.7. The van der Waals surface area contributed by atoms with Crippen molar-refractivity contribution in [3.8, 4) is 0 Å². The Morgan fingerprint density at radius 3 is 1.86 bits per heavy atom. The number of carbonyl (C=O) groups is 2. The van der Waals surface area contributed by atoms with Gasteiger partial charge in [-0.15, -0.1) is 0 Å². The highest BCUT2D eigenvalue weighted by molar-refractivity contribution is 7.81. The summed E-state index contributed by atoms with van der Waals surface area (Å²) in [7, 11) is -8.93. The zero-order valence-corrected chi connectivity index (χ0v) is 28.3. The maximum Gasteiger partial charge on any atom is 0.397 e. The van der Waals surface area contributed by atoms with Crippen LogP contribution in [0.5, 0.6) is 0 Å². The molecule has 3 fully saturated rings. The summed E-state index contributed by atoms with van der Waals surface area (Å²) in [5.74, 6) is -2.15. The van der Waals surface area contributed by atoms with E-state index in [4.69, 9.17) is 37.5 Å². The lowest BCUT2D eigenvalue weighted by Crippen LogP contribution is -2.68. The Hall–Kier alpha value is -1.41. The molecule has 3 heterocycles. The van der Waals surface area contributed by atoms with Gasteiger partial charge in [0.1, 0.15) is 61.0 Å². The van der Waals surface area contributed by atoms with E-state index in [1.807, 2.05) is 0 Å². The van der Waals surface area contributed by atoms with Crippen LogP contribution in [0.4, 0.5) is 0 Å². The van der Waals surface area contributed by atoms with Crippen LogP contribution in [0.15, 0.2) is 0 Å². The molecule has 1 amide bonds. The Labute approximate surface area is 285 Å². The van der Waals surface area contributed by atoms with Gasteiger partial charge < -0.3 is 64.6 Å². The summed E-state index contributed by atoms with van der Waals surface area (Å²) in [5.41, 5.74) is 0. The molecule has 0 radical (unpaired) electrons. The summed E-state index contributed by atoms with van der Waals surface area (Å²) < 4.78 is 104. The van der Waals surface area contributed by atoms with E-state index in [2.05, 4.69) is 31.6 Å². The Morgan fingerprint density at radius 2 is 1.35 bits per heavy atom. The highest BCUT2D eigenvalue weighted by atomic mass is 32.3. The topological polar surface area (TPSA) is 342 Å². The second-order valence-electron chi connectivity index (χ2n) is 11.0. The molecule has 0 aromatic heterocycles. The number of rotatable bonds is 17. The molecule has 0 aliphatic carbocycles. The lowest BCUT2D eigenvalue weighted by molar-refractivity contribution is -0.348. The van der Waals surface area contributed by atoms with Crippen molar-refractivity contribution in [2.45, 2.75) is 92.7 Å². The number of amides is 1. The lowest BCUT2D eigenvalue weighted by Gasteiger charge is -2.47. The molecule has 23 nitrogen and oxygen atoms in total. The van der Waals surface area contributed by atoms with E-state index in [1.54, 1.807) is 0 Å². The number of aliphatic hydroxyl groups excluding tert-OH is 4. The molecule has 0 aromatic carbocycles. The zero-order valence-electron chi connectivity index (χ0n) is 25.7. The van der Waals surface area contributed by atoms with E-state index < -0.39 is 132 Å². The first kappa shape index (κ1) is 42.0. The number of methoxy groups -OCH3 is 1. The van der Waals surface area contributed by atoms with E-state index in [0.29, 0.717) is 12.3 Å². The number of hydrogen-bond donors (Lipinski definition) is 10. The summed E-state index contributed by atoms with van der Waals surface area (Å²) in [5, 5.41) is 59.0. The predicted octanol–water partition coefficient (Wildman–Crippen LogP) is -5.82. The third kappa shape index (κ3) is 11.5. The summed E-state index contributed by atoms with van der Waals surface area (Å²) in [6, 6.07) is -1.57. The maximum absolute atomic E-state index is 12.3. The Morgan fingerprint density at radius 1 is 0.776 bits per heavy atom. The summed E-state index contributed by atoms with van der Waals surface area (Å²) in [6.45, 7) is -0.473. The average molecular weight is 777 g/mol. The van der Waals surface area contributed by atoms with Gasteiger partial charge in [0.25, 0.3) is 0 Å². The van der Waals surface area contributed by atoms with E-state index in [9.17, 15) is 52.0 Å². The van der Waals surface area contributed by atoms with Crippen molar-refractivity contribution in [1.29, 1.82) is 0 Å². The predicted molar refractivity (Wildman–Crippen MR) is 158 cm³/mol. The molecule has 0 spiro atoms. The van der Waals surface area contributed by atoms with Crippen LogP contribution in [-0.2, 0) is 67.2 Å². The number of carboxylic acid groups (broad SMARTS) is 1. The van der Waals surface area contributed by atoms with Crippen LogP contribution in [-0.4, -0.2) is 188 Å². The molecule has 3 aliphatic rings. The largest absolute Gasteiger partial charge is 0.479 e. The van der Waals surface area contributed by atoms with Crippen LogP contribution in [0, 0.1) is 0 Å². The number of aliphatic hydroxyl groups is 4. The fraction of sp³-hybridized carbons (Fsp3) is 0.913. The molecule has 49 heavy (non-hydrogen) atoms. The minimum absolute atomic E-state index is 0.0166. The summed E-state index contributed by atoms with van der Waals surface area (Å²) >= 11 is 4.04. The third-order valence-electron chi connectivity index (χ3n) is 7.52. The van der Waals surface area contributed by atoms with Crippen LogP contribution in [0.3, 0.4) is 0 Å². The number of nitrogens with one attached hydrogen (secondary N) is 2. The number of aliphatic carboxylic acids is 1. The van der Waals surface area contributed by atoms with E-state index >= 15 is 0 Å². The quantitative estimate of drug-likeness (QED) is 0.0373. The maximum atomic E-state index is 12.3. The van der Waals surface area contributed by atoms with Gasteiger partial charge in [0.05, 0.1) is 19.3 Å². The molecule has 14 atom stereocenters. The van der Waals surface area contributed by atoms with Gasteiger partial charge >= 0.3 is 26.8 Å². The number of thiol groups is 1. The molecular formula is C23H40N2O21S3. The van der Waals surface area contributed by atoms with Gasteiger partial charge in [0.2, 0.25) is 5.91 Å². The molecule has 9 N–H and O–H groups in total. The number of carbonyl (C=O) groups excluding carboxylic acids is 1. The van der Waals surface area contributed by atoms with Gasteiger partial charge in [0, 0.05) is 32.9 Å².